The van der Waals surface area contributed by atoms with Crippen molar-refractivity contribution in [3.63, 3.8) is 0 Å². The Morgan fingerprint density at radius 1 is 1.00 bits per heavy atom. The Bertz CT molecular complexity index is 1270. The third kappa shape index (κ3) is 6.10. The van der Waals surface area contributed by atoms with Gasteiger partial charge in [-0.05, 0) is 65.4 Å². The van der Waals surface area contributed by atoms with Crippen LogP contribution in [0.25, 0.3) is 0 Å². The monoisotopic (exact) mass is 513 g/mol. The van der Waals surface area contributed by atoms with E-state index >= 15 is 0 Å². The molecule has 1 amide bonds. The number of nitriles is 1. The van der Waals surface area contributed by atoms with Crippen LogP contribution in [0.4, 0.5) is 18.9 Å². The van der Waals surface area contributed by atoms with E-state index in [0.717, 1.165) is 27.2 Å². The Balaban J connectivity index is 1.38. The molecule has 36 heavy (non-hydrogen) atoms. The lowest BCUT2D eigenvalue weighted by Crippen LogP contribution is -2.42. The van der Waals surface area contributed by atoms with E-state index in [1.54, 1.807) is 18.2 Å². The van der Waals surface area contributed by atoms with Crippen molar-refractivity contribution >= 4 is 23.2 Å². The van der Waals surface area contributed by atoms with E-state index in [2.05, 4.69) is 11.4 Å². The zero-order valence-electron chi connectivity index (χ0n) is 19.2. The molecule has 0 fully saturated rings. The average molecular weight is 514 g/mol. The SMILES string of the molecule is N#Cc1ccc(COc2ccc(CNc3c(Cl)ccc4c3CCN(C(=O)C(F)(F)F)CC4)cc2)cc1. The summed E-state index contributed by atoms with van der Waals surface area (Å²) in [6.07, 6.45) is -4.27. The summed E-state index contributed by atoms with van der Waals surface area (Å²) in [6, 6.07) is 20.3. The number of rotatable bonds is 6. The third-order valence-corrected chi connectivity index (χ3v) is 6.37. The van der Waals surface area contributed by atoms with Crippen LogP contribution in [0.15, 0.2) is 60.7 Å². The zero-order valence-corrected chi connectivity index (χ0v) is 20.0. The molecule has 0 saturated heterocycles. The second kappa shape index (κ2) is 10.9. The first-order chi connectivity index (χ1) is 17.2. The highest BCUT2D eigenvalue weighted by atomic mass is 35.5. The first-order valence-electron chi connectivity index (χ1n) is 11.4. The van der Waals surface area contributed by atoms with Crippen molar-refractivity contribution < 1.29 is 22.7 Å². The van der Waals surface area contributed by atoms with Crippen molar-refractivity contribution in [3.05, 3.63) is 93.5 Å². The minimum absolute atomic E-state index is 0.0103. The topological polar surface area (TPSA) is 65.4 Å². The highest BCUT2D eigenvalue weighted by molar-refractivity contribution is 6.33. The molecule has 0 aliphatic carbocycles. The molecule has 0 unspecified atom stereocenters. The predicted octanol–water partition coefficient (Wildman–Crippen LogP) is 5.89. The molecule has 0 atom stereocenters. The fourth-order valence-electron chi connectivity index (χ4n) is 4.11. The summed E-state index contributed by atoms with van der Waals surface area (Å²) in [7, 11) is 0. The molecule has 1 heterocycles. The number of hydrogen-bond acceptors (Lipinski definition) is 4. The van der Waals surface area contributed by atoms with Crippen LogP contribution in [0.2, 0.25) is 5.02 Å². The van der Waals surface area contributed by atoms with Gasteiger partial charge in [0, 0.05) is 19.6 Å². The number of amides is 1. The Labute approximate surface area is 212 Å². The molecule has 3 aromatic carbocycles. The molecule has 1 aliphatic heterocycles. The highest BCUT2D eigenvalue weighted by Crippen LogP contribution is 2.33. The van der Waals surface area contributed by atoms with Gasteiger partial charge in [-0.3, -0.25) is 4.79 Å². The van der Waals surface area contributed by atoms with E-state index in [4.69, 9.17) is 21.6 Å². The summed E-state index contributed by atoms with van der Waals surface area (Å²) in [4.78, 5) is 12.6. The maximum absolute atomic E-state index is 12.9. The maximum Gasteiger partial charge on any atom is 0.471 e. The van der Waals surface area contributed by atoms with E-state index in [1.165, 1.54) is 0 Å². The summed E-state index contributed by atoms with van der Waals surface area (Å²) >= 11 is 6.44. The Hall–Kier alpha value is -3.70. The minimum atomic E-state index is -4.88. The van der Waals surface area contributed by atoms with Gasteiger partial charge in [-0.25, -0.2) is 0 Å². The zero-order chi connectivity index (χ0) is 25.7. The number of anilines is 1. The number of carbonyl (C=O) groups excluding carboxylic acids is 1. The number of hydrogen-bond donors (Lipinski definition) is 1. The molecule has 0 spiro atoms. The highest BCUT2D eigenvalue weighted by Gasteiger charge is 2.42. The van der Waals surface area contributed by atoms with Crippen molar-refractivity contribution in [1.82, 2.24) is 4.90 Å². The number of nitrogens with one attached hydrogen (secondary N) is 1. The van der Waals surface area contributed by atoms with Crippen LogP contribution in [0.5, 0.6) is 5.75 Å². The van der Waals surface area contributed by atoms with Crippen molar-refractivity contribution in [2.75, 3.05) is 18.4 Å². The lowest BCUT2D eigenvalue weighted by Gasteiger charge is -2.21. The fourth-order valence-corrected chi connectivity index (χ4v) is 4.35. The largest absolute Gasteiger partial charge is 0.489 e. The van der Waals surface area contributed by atoms with Gasteiger partial charge in [0.2, 0.25) is 0 Å². The first-order valence-corrected chi connectivity index (χ1v) is 11.7. The molecule has 1 N–H and O–H groups in total. The molecular weight excluding hydrogens is 491 g/mol. The number of carbonyl (C=O) groups is 1. The lowest BCUT2D eigenvalue weighted by atomic mass is 10.0. The molecule has 1 aliphatic rings. The van der Waals surface area contributed by atoms with E-state index in [-0.39, 0.29) is 19.5 Å². The van der Waals surface area contributed by atoms with Crippen molar-refractivity contribution in [1.29, 1.82) is 5.26 Å². The van der Waals surface area contributed by atoms with Gasteiger partial charge in [0.25, 0.3) is 0 Å². The second-order valence-electron chi connectivity index (χ2n) is 8.44. The number of fused-ring (bicyclic) bond motifs is 1. The van der Waals surface area contributed by atoms with Crippen LogP contribution in [-0.4, -0.2) is 30.1 Å². The molecule has 0 radical (unpaired) electrons. The number of ether oxygens (including phenoxy) is 1. The van der Waals surface area contributed by atoms with E-state index < -0.39 is 12.1 Å². The van der Waals surface area contributed by atoms with Gasteiger partial charge in [0.15, 0.2) is 0 Å². The molecule has 3 aromatic rings. The van der Waals surface area contributed by atoms with Gasteiger partial charge < -0.3 is 15.0 Å². The summed E-state index contributed by atoms with van der Waals surface area (Å²) in [6.45, 7) is 0.822. The van der Waals surface area contributed by atoms with E-state index in [1.807, 2.05) is 42.5 Å². The maximum atomic E-state index is 12.9. The Kier molecular flexibility index (Phi) is 7.70. The van der Waals surface area contributed by atoms with Crippen molar-refractivity contribution in [2.45, 2.75) is 32.2 Å². The van der Waals surface area contributed by atoms with Crippen LogP contribution in [0, 0.1) is 11.3 Å². The summed E-state index contributed by atoms with van der Waals surface area (Å²) in [5.41, 5.74) is 4.91. The quantitative estimate of drug-likeness (QED) is 0.446. The van der Waals surface area contributed by atoms with Gasteiger partial charge in [0.05, 0.1) is 22.3 Å². The lowest BCUT2D eigenvalue weighted by molar-refractivity contribution is -0.185. The van der Waals surface area contributed by atoms with Gasteiger partial charge in [-0.15, -0.1) is 0 Å². The standard InChI is InChI=1S/C27H23ClF3N3O2/c28-24-10-7-21-11-13-34(26(35)27(29,30)31)14-12-23(21)25(24)33-16-19-5-8-22(9-6-19)36-17-20-3-1-18(15-32)2-4-20/h1-10,33H,11-14,16-17H2. The third-order valence-electron chi connectivity index (χ3n) is 6.05. The molecule has 0 aromatic heterocycles. The van der Waals surface area contributed by atoms with Crippen LogP contribution >= 0.6 is 11.6 Å². The van der Waals surface area contributed by atoms with E-state index in [9.17, 15) is 18.0 Å². The van der Waals surface area contributed by atoms with Crippen LogP contribution < -0.4 is 10.1 Å². The van der Waals surface area contributed by atoms with Crippen LogP contribution in [0.1, 0.15) is 27.8 Å². The Morgan fingerprint density at radius 3 is 2.33 bits per heavy atom. The predicted molar refractivity (Wildman–Crippen MR) is 131 cm³/mol. The summed E-state index contributed by atoms with van der Waals surface area (Å²) < 4.78 is 44.5. The second-order valence-corrected chi connectivity index (χ2v) is 8.85. The van der Waals surface area contributed by atoms with Gasteiger partial charge in [-0.2, -0.15) is 18.4 Å². The molecular formula is C27H23ClF3N3O2. The molecule has 5 nitrogen and oxygen atoms in total. The van der Waals surface area contributed by atoms with Gasteiger partial charge >= 0.3 is 12.1 Å². The molecule has 0 bridgehead atoms. The minimum Gasteiger partial charge on any atom is -0.489 e. The number of nitrogens with zero attached hydrogens (tertiary/aromatic N) is 2. The number of halogens is 4. The van der Waals surface area contributed by atoms with Gasteiger partial charge in [-0.1, -0.05) is 41.9 Å². The van der Waals surface area contributed by atoms with E-state index in [0.29, 0.717) is 41.6 Å². The van der Waals surface area contributed by atoms with Crippen molar-refractivity contribution in [2.24, 2.45) is 0 Å². The van der Waals surface area contributed by atoms with Crippen molar-refractivity contribution in [3.8, 4) is 11.8 Å². The Morgan fingerprint density at radius 2 is 1.67 bits per heavy atom. The number of benzene rings is 3. The molecule has 4 rings (SSSR count). The average Bonchev–Trinajstić information content (AvgIpc) is 3.09. The normalized spacial score (nSPS) is 13.4. The smallest absolute Gasteiger partial charge is 0.471 e. The molecule has 9 heteroatoms. The van der Waals surface area contributed by atoms with Crippen LogP contribution in [0.3, 0.4) is 0 Å². The molecule has 0 saturated carbocycles. The fraction of sp³-hybridized carbons (Fsp3) is 0.259. The number of alkyl halides is 3. The molecule has 186 valence electrons. The first kappa shape index (κ1) is 25.4. The van der Waals surface area contributed by atoms with Crippen LogP contribution in [-0.2, 0) is 30.8 Å². The van der Waals surface area contributed by atoms with Gasteiger partial charge in [0.1, 0.15) is 12.4 Å². The summed E-state index contributed by atoms with van der Waals surface area (Å²) in [5, 5.41) is 12.7. The summed E-state index contributed by atoms with van der Waals surface area (Å²) in [5.74, 6) is -1.11.